The van der Waals surface area contributed by atoms with Crippen LogP contribution in [0.25, 0.3) is 0 Å². The molecule has 152 valence electrons. The molecule has 1 fully saturated rings. The Labute approximate surface area is 161 Å². The lowest BCUT2D eigenvalue weighted by Crippen LogP contribution is -2.54. The van der Waals surface area contributed by atoms with Gasteiger partial charge in [0, 0.05) is 45.1 Å². The normalized spacial score (nSPS) is 19.6. The van der Waals surface area contributed by atoms with Crippen LogP contribution in [-0.4, -0.2) is 69.2 Å². The maximum atomic E-state index is 12.5. The highest BCUT2D eigenvalue weighted by Gasteiger charge is 2.35. The molecule has 2 heterocycles. The summed E-state index contributed by atoms with van der Waals surface area (Å²) < 4.78 is 7.45. The van der Waals surface area contributed by atoms with Crippen LogP contribution < -0.4 is 5.32 Å². The van der Waals surface area contributed by atoms with Crippen molar-refractivity contribution < 1.29 is 14.3 Å². The van der Waals surface area contributed by atoms with Crippen LogP contribution in [0.4, 0.5) is 4.79 Å². The first-order valence-electron chi connectivity index (χ1n) is 9.59. The number of carbonyl (C=O) groups is 2. The van der Waals surface area contributed by atoms with Gasteiger partial charge in [0.15, 0.2) is 0 Å². The van der Waals surface area contributed by atoms with Crippen LogP contribution in [0.15, 0.2) is 12.4 Å². The Morgan fingerprint density at radius 3 is 2.63 bits per heavy atom. The van der Waals surface area contributed by atoms with Gasteiger partial charge in [-0.05, 0) is 34.1 Å². The summed E-state index contributed by atoms with van der Waals surface area (Å²) in [5.74, 6) is 0.828. The molecule has 0 spiro atoms. The quantitative estimate of drug-likeness (QED) is 0.846. The predicted octanol–water partition coefficient (Wildman–Crippen LogP) is 1.93. The molecule has 1 aromatic heterocycles. The molecule has 0 saturated carbocycles. The van der Waals surface area contributed by atoms with Gasteiger partial charge in [-0.25, -0.2) is 9.78 Å². The molecule has 0 bridgehead atoms. The van der Waals surface area contributed by atoms with Crippen LogP contribution in [0.3, 0.4) is 0 Å². The summed E-state index contributed by atoms with van der Waals surface area (Å²) in [6.07, 6.45) is 4.17. The molecule has 1 aliphatic rings. The van der Waals surface area contributed by atoms with E-state index in [4.69, 9.17) is 4.74 Å². The molecule has 8 nitrogen and oxygen atoms in total. The van der Waals surface area contributed by atoms with E-state index in [0.29, 0.717) is 19.6 Å². The van der Waals surface area contributed by atoms with E-state index >= 15 is 0 Å². The van der Waals surface area contributed by atoms with E-state index in [-0.39, 0.29) is 30.6 Å². The number of carbonyl (C=O) groups excluding carboxylic acids is 2. The van der Waals surface area contributed by atoms with Gasteiger partial charge in [-0.3, -0.25) is 9.69 Å². The molecule has 1 aromatic rings. The average Bonchev–Trinajstić information content (AvgIpc) is 2.99. The number of rotatable bonds is 5. The number of ether oxygens (including phenoxy) is 1. The van der Waals surface area contributed by atoms with Crippen molar-refractivity contribution in [1.82, 2.24) is 24.7 Å². The van der Waals surface area contributed by atoms with Gasteiger partial charge in [-0.2, -0.15) is 0 Å². The first-order chi connectivity index (χ1) is 12.6. The van der Waals surface area contributed by atoms with Crippen molar-refractivity contribution in [3.63, 3.8) is 0 Å². The van der Waals surface area contributed by atoms with Crippen molar-refractivity contribution in [2.75, 3.05) is 26.2 Å². The number of imidazole rings is 1. The van der Waals surface area contributed by atoms with Crippen LogP contribution in [0, 0.1) is 0 Å². The topological polar surface area (TPSA) is 79.7 Å². The van der Waals surface area contributed by atoms with E-state index in [1.807, 2.05) is 52.4 Å². The highest BCUT2D eigenvalue weighted by Crippen LogP contribution is 2.25. The summed E-state index contributed by atoms with van der Waals surface area (Å²) in [6, 6.07) is -0.0129. The molecular formula is C19H33N5O3. The summed E-state index contributed by atoms with van der Waals surface area (Å²) in [5, 5.41) is 3.01. The molecule has 0 unspecified atom stereocenters. The predicted molar refractivity (Wildman–Crippen MR) is 103 cm³/mol. The van der Waals surface area contributed by atoms with Crippen LogP contribution in [0.5, 0.6) is 0 Å². The third-order valence-electron chi connectivity index (χ3n) is 4.67. The average molecular weight is 380 g/mol. The molecule has 1 saturated heterocycles. The summed E-state index contributed by atoms with van der Waals surface area (Å²) in [7, 11) is 1.92. The van der Waals surface area contributed by atoms with Gasteiger partial charge >= 0.3 is 6.09 Å². The molecule has 0 aliphatic carbocycles. The number of nitrogens with zero attached hydrogens (tertiary/aromatic N) is 4. The summed E-state index contributed by atoms with van der Waals surface area (Å²) in [6.45, 7) is 11.4. The van der Waals surface area contributed by atoms with E-state index in [0.717, 1.165) is 12.2 Å². The fourth-order valence-corrected chi connectivity index (χ4v) is 3.05. The van der Waals surface area contributed by atoms with Crippen molar-refractivity contribution in [3.05, 3.63) is 18.2 Å². The molecule has 1 N–H and O–H groups in total. The van der Waals surface area contributed by atoms with Crippen LogP contribution in [0.1, 0.15) is 52.9 Å². The van der Waals surface area contributed by atoms with Gasteiger partial charge in [-0.1, -0.05) is 6.92 Å². The Morgan fingerprint density at radius 1 is 1.37 bits per heavy atom. The highest BCUT2D eigenvalue weighted by atomic mass is 16.6. The zero-order valence-electron chi connectivity index (χ0n) is 17.4. The van der Waals surface area contributed by atoms with Crippen molar-refractivity contribution in [2.45, 2.75) is 58.7 Å². The third kappa shape index (κ3) is 5.95. The molecule has 2 rings (SSSR count). The minimum absolute atomic E-state index is 0.00530. The zero-order chi connectivity index (χ0) is 20.2. The van der Waals surface area contributed by atoms with Crippen LogP contribution >= 0.6 is 0 Å². The fraction of sp³-hybridized carbons (Fsp3) is 0.737. The van der Waals surface area contributed by atoms with Crippen LogP contribution in [0.2, 0.25) is 0 Å². The van der Waals surface area contributed by atoms with E-state index in [1.54, 1.807) is 11.1 Å². The molecule has 8 heteroatoms. The second-order valence-corrected chi connectivity index (χ2v) is 8.19. The largest absolute Gasteiger partial charge is 0.444 e. The summed E-state index contributed by atoms with van der Waals surface area (Å²) >= 11 is 0. The molecule has 0 aromatic carbocycles. The molecule has 27 heavy (non-hydrogen) atoms. The Morgan fingerprint density at radius 2 is 2.07 bits per heavy atom. The van der Waals surface area contributed by atoms with Crippen molar-refractivity contribution in [3.8, 4) is 0 Å². The first-order valence-corrected chi connectivity index (χ1v) is 9.59. The van der Waals surface area contributed by atoms with Crippen molar-refractivity contribution in [2.24, 2.45) is 7.05 Å². The number of aryl methyl sites for hydroxylation is 1. The van der Waals surface area contributed by atoms with Gasteiger partial charge < -0.3 is 19.5 Å². The first kappa shape index (κ1) is 21.2. The van der Waals surface area contributed by atoms with Crippen LogP contribution in [-0.2, 0) is 16.6 Å². The summed E-state index contributed by atoms with van der Waals surface area (Å²) in [4.78, 5) is 33.1. The van der Waals surface area contributed by atoms with Gasteiger partial charge in [0.1, 0.15) is 11.4 Å². The van der Waals surface area contributed by atoms with E-state index in [9.17, 15) is 9.59 Å². The maximum absolute atomic E-state index is 12.5. The van der Waals surface area contributed by atoms with Crippen molar-refractivity contribution in [1.29, 1.82) is 0 Å². The second-order valence-electron chi connectivity index (χ2n) is 8.19. The van der Waals surface area contributed by atoms with E-state index < -0.39 is 5.60 Å². The lowest BCUT2D eigenvalue weighted by molar-refractivity contribution is -0.124. The minimum Gasteiger partial charge on any atom is -0.444 e. The Kier molecular flexibility index (Phi) is 6.86. The van der Waals surface area contributed by atoms with E-state index in [1.165, 1.54) is 0 Å². The van der Waals surface area contributed by atoms with E-state index in [2.05, 4.69) is 15.2 Å². The smallest absolute Gasteiger partial charge is 0.410 e. The number of amides is 2. The van der Waals surface area contributed by atoms with Gasteiger partial charge in [-0.15, -0.1) is 0 Å². The maximum Gasteiger partial charge on any atom is 0.410 e. The molecular weight excluding hydrogens is 346 g/mol. The van der Waals surface area contributed by atoms with Gasteiger partial charge in [0.25, 0.3) is 0 Å². The molecule has 0 radical (unpaired) electrons. The molecule has 1 aliphatic heterocycles. The number of nitrogens with one attached hydrogen (secondary N) is 1. The Hall–Kier alpha value is -2.09. The minimum atomic E-state index is -0.539. The number of hydrogen-bond acceptors (Lipinski definition) is 5. The number of piperazine rings is 1. The van der Waals surface area contributed by atoms with Gasteiger partial charge in [0.05, 0.1) is 12.6 Å². The molecule has 2 amide bonds. The summed E-state index contributed by atoms with van der Waals surface area (Å²) in [5.41, 5.74) is -0.539. The Bertz CT molecular complexity index is 652. The zero-order valence-corrected chi connectivity index (χ0v) is 17.4. The Balaban J connectivity index is 2.12. The monoisotopic (exact) mass is 379 g/mol. The molecule has 2 atom stereocenters. The number of hydrogen-bond donors (Lipinski definition) is 1. The lowest BCUT2D eigenvalue weighted by atomic mass is 10.1. The number of aromatic nitrogens is 2. The SMILES string of the molecule is CC[C@@H](C)NC(=O)CN1CCN(C(=O)OC(C)(C)C)C[C@H]1c1nccn1C. The third-order valence-corrected chi connectivity index (χ3v) is 4.67. The lowest BCUT2D eigenvalue weighted by Gasteiger charge is -2.41. The van der Waals surface area contributed by atoms with Gasteiger partial charge in [0.2, 0.25) is 5.91 Å². The fourth-order valence-electron chi connectivity index (χ4n) is 3.05. The standard InChI is InChI=1S/C19H33N5O3/c1-7-14(2)21-16(25)13-23-10-11-24(18(26)27-19(3,4)5)12-15(23)17-20-8-9-22(17)6/h8-9,14-15H,7,10-13H2,1-6H3,(H,21,25)/t14-,15+/m1/s1. The second kappa shape index (κ2) is 8.73. The highest BCUT2D eigenvalue weighted by molar-refractivity contribution is 5.78. The van der Waals surface area contributed by atoms with Crippen molar-refractivity contribution >= 4 is 12.0 Å².